The van der Waals surface area contributed by atoms with Crippen LogP contribution in [0.25, 0.3) is 6.08 Å². The standard InChI is InChI=1S/C23H27N3O3/c1-16-24-12-18-6-9-29-23(22(18)25-16)7-3-8-26(15-23)13-17-10-19-11-20(27-2)4-5-21(19)28-14-17/h4-5,10-12H,3,6-9,13-15H2,1-2H3/t23-/m0/s1. The molecule has 29 heavy (non-hydrogen) atoms. The second kappa shape index (κ2) is 7.43. The summed E-state index contributed by atoms with van der Waals surface area (Å²) in [5.74, 6) is 2.59. The van der Waals surface area contributed by atoms with Crippen molar-refractivity contribution in [3.05, 3.63) is 52.6 Å². The van der Waals surface area contributed by atoms with Crippen molar-refractivity contribution in [3.8, 4) is 11.5 Å². The highest BCUT2D eigenvalue weighted by Gasteiger charge is 2.43. The summed E-state index contributed by atoms with van der Waals surface area (Å²) in [5.41, 5.74) is 4.39. The van der Waals surface area contributed by atoms with Gasteiger partial charge in [0.25, 0.3) is 0 Å². The van der Waals surface area contributed by atoms with E-state index in [4.69, 9.17) is 19.2 Å². The second-order valence-electron chi connectivity index (χ2n) is 8.19. The van der Waals surface area contributed by atoms with E-state index in [0.717, 1.165) is 74.1 Å². The van der Waals surface area contributed by atoms with Crippen molar-refractivity contribution in [1.29, 1.82) is 0 Å². The zero-order chi connectivity index (χ0) is 19.8. The summed E-state index contributed by atoms with van der Waals surface area (Å²) >= 11 is 0. The fourth-order valence-electron chi connectivity index (χ4n) is 4.76. The smallest absolute Gasteiger partial charge is 0.127 e. The Morgan fingerprint density at radius 3 is 3.14 bits per heavy atom. The van der Waals surface area contributed by atoms with Gasteiger partial charge in [-0.15, -0.1) is 0 Å². The van der Waals surface area contributed by atoms with Gasteiger partial charge in [-0.25, -0.2) is 9.97 Å². The fraction of sp³-hybridized carbons (Fsp3) is 0.478. The molecule has 1 spiro atoms. The molecule has 6 heteroatoms. The number of ether oxygens (including phenoxy) is 3. The quantitative estimate of drug-likeness (QED) is 0.799. The van der Waals surface area contributed by atoms with E-state index in [-0.39, 0.29) is 5.60 Å². The molecule has 3 aliphatic heterocycles. The third kappa shape index (κ3) is 3.51. The summed E-state index contributed by atoms with van der Waals surface area (Å²) in [4.78, 5) is 11.7. The number of benzene rings is 1. The van der Waals surface area contributed by atoms with Crippen molar-refractivity contribution in [2.45, 2.75) is 31.8 Å². The molecule has 0 radical (unpaired) electrons. The summed E-state index contributed by atoms with van der Waals surface area (Å²) in [6.07, 6.45) is 7.24. The first kappa shape index (κ1) is 18.6. The first-order valence-corrected chi connectivity index (χ1v) is 10.3. The lowest BCUT2D eigenvalue weighted by Gasteiger charge is -2.45. The summed E-state index contributed by atoms with van der Waals surface area (Å²) in [6.45, 7) is 6.12. The molecule has 1 atom stereocenters. The van der Waals surface area contributed by atoms with Crippen LogP contribution in [0.2, 0.25) is 0 Å². The van der Waals surface area contributed by atoms with Gasteiger partial charge in [0, 0.05) is 24.8 Å². The first-order valence-electron chi connectivity index (χ1n) is 10.3. The molecule has 1 aromatic carbocycles. The van der Waals surface area contributed by atoms with Crippen molar-refractivity contribution in [2.75, 3.05) is 40.0 Å². The number of likely N-dealkylation sites (tertiary alicyclic amines) is 1. The van der Waals surface area contributed by atoms with Gasteiger partial charge >= 0.3 is 0 Å². The largest absolute Gasteiger partial charge is 0.497 e. The van der Waals surface area contributed by atoms with Crippen LogP contribution in [0.1, 0.15) is 35.5 Å². The van der Waals surface area contributed by atoms with E-state index in [9.17, 15) is 0 Å². The Bertz CT molecular complexity index is 958. The molecule has 3 aliphatic rings. The molecule has 0 amide bonds. The van der Waals surface area contributed by atoms with Crippen LogP contribution in [0.3, 0.4) is 0 Å². The van der Waals surface area contributed by atoms with Crippen LogP contribution in [0.4, 0.5) is 0 Å². The maximum atomic E-state index is 6.39. The molecule has 2 aromatic rings. The van der Waals surface area contributed by atoms with E-state index >= 15 is 0 Å². The molecule has 5 rings (SSSR count). The first-order chi connectivity index (χ1) is 14.1. The Balaban J connectivity index is 1.37. The Hall–Kier alpha value is -2.44. The summed E-state index contributed by atoms with van der Waals surface area (Å²) in [7, 11) is 1.69. The normalized spacial score (nSPS) is 23.7. The van der Waals surface area contributed by atoms with Crippen molar-refractivity contribution in [3.63, 3.8) is 0 Å². The summed E-state index contributed by atoms with van der Waals surface area (Å²) in [6, 6.07) is 5.95. The van der Waals surface area contributed by atoms with Crippen molar-refractivity contribution < 1.29 is 14.2 Å². The number of aryl methyl sites for hydroxylation is 1. The molecule has 6 nitrogen and oxygen atoms in total. The van der Waals surface area contributed by atoms with Crippen LogP contribution in [-0.2, 0) is 16.8 Å². The number of fused-ring (bicyclic) bond motifs is 3. The fourth-order valence-corrected chi connectivity index (χ4v) is 4.76. The Morgan fingerprint density at radius 2 is 2.24 bits per heavy atom. The Morgan fingerprint density at radius 1 is 1.31 bits per heavy atom. The molecular weight excluding hydrogens is 366 g/mol. The van der Waals surface area contributed by atoms with E-state index < -0.39 is 0 Å². The highest BCUT2D eigenvalue weighted by Crippen LogP contribution is 2.39. The lowest BCUT2D eigenvalue weighted by Crippen LogP contribution is -2.51. The molecule has 0 unspecified atom stereocenters. The lowest BCUT2D eigenvalue weighted by atomic mass is 9.84. The van der Waals surface area contributed by atoms with Crippen LogP contribution in [0.5, 0.6) is 11.5 Å². The van der Waals surface area contributed by atoms with Crippen molar-refractivity contribution >= 4 is 6.08 Å². The maximum absolute atomic E-state index is 6.39. The molecule has 152 valence electrons. The van der Waals surface area contributed by atoms with Gasteiger partial charge in [-0.3, -0.25) is 4.90 Å². The number of rotatable bonds is 3. The molecule has 0 N–H and O–H groups in total. The van der Waals surface area contributed by atoms with E-state index in [2.05, 4.69) is 16.0 Å². The van der Waals surface area contributed by atoms with E-state index in [1.165, 1.54) is 11.1 Å². The predicted molar refractivity (Wildman–Crippen MR) is 110 cm³/mol. The minimum Gasteiger partial charge on any atom is -0.497 e. The molecule has 1 fully saturated rings. The molecule has 1 saturated heterocycles. The Kier molecular flexibility index (Phi) is 4.76. The highest BCUT2D eigenvalue weighted by atomic mass is 16.5. The molecule has 4 heterocycles. The zero-order valence-corrected chi connectivity index (χ0v) is 17.1. The average Bonchev–Trinajstić information content (AvgIpc) is 2.74. The number of hydrogen-bond acceptors (Lipinski definition) is 6. The van der Waals surface area contributed by atoms with Gasteiger partial charge in [0.05, 0.1) is 19.4 Å². The van der Waals surface area contributed by atoms with E-state index in [0.29, 0.717) is 6.61 Å². The topological polar surface area (TPSA) is 56.7 Å². The van der Waals surface area contributed by atoms with Crippen LogP contribution in [0, 0.1) is 6.92 Å². The van der Waals surface area contributed by atoms with Gasteiger partial charge < -0.3 is 14.2 Å². The summed E-state index contributed by atoms with van der Waals surface area (Å²) in [5, 5.41) is 0. The van der Waals surface area contributed by atoms with Crippen LogP contribution in [0.15, 0.2) is 30.0 Å². The number of nitrogens with zero attached hydrogens (tertiary/aromatic N) is 3. The molecular formula is C23H27N3O3. The monoisotopic (exact) mass is 393 g/mol. The minimum atomic E-state index is -0.309. The SMILES string of the molecule is COc1ccc2c(c1)C=C(CN1CCC[C@@]3(C1)OCCc1cnc(C)nc13)CO2. The number of aromatic nitrogens is 2. The third-order valence-electron chi connectivity index (χ3n) is 6.12. The van der Waals surface area contributed by atoms with Gasteiger partial charge in [-0.1, -0.05) is 0 Å². The molecule has 0 bridgehead atoms. The van der Waals surface area contributed by atoms with Crippen LogP contribution >= 0.6 is 0 Å². The number of hydrogen-bond donors (Lipinski definition) is 0. The van der Waals surface area contributed by atoms with Crippen LogP contribution < -0.4 is 9.47 Å². The second-order valence-corrected chi connectivity index (χ2v) is 8.19. The van der Waals surface area contributed by atoms with Gasteiger partial charge in [0.2, 0.25) is 0 Å². The van der Waals surface area contributed by atoms with E-state index in [1.54, 1.807) is 7.11 Å². The third-order valence-corrected chi connectivity index (χ3v) is 6.12. The van der Waals surface area contributed by atoms with Gasteiger partial charge in [0.1, 0.15) is 29.5 Å². The maximum Gasteiger partial charge on any atom is 0.127 e. The summed E-state index contributed by atoms with van der Waals surface area (Å²) < 4.78 is 17.7. The van der Waals surface area contributed by atoms with Crippen molar-refractivity contribution in [1.82, 2.24) is 14.9 Å². The van der Waals surface area contributed by atoms with Gasteiger partial charge in [0.15, 0.2) is 0 Å². The molecule has 1 aromatic heterocycles. The number of methoxy groups -OCH3 is 1. The minimum absolute atomic E-state index is 0.309. The molecule has 0 aliphatic carbocycles. The van der Waals surface area contributed by atoms with Gasteiger partial charge in [-0.2, -0.15) is 0 Å². The Labute approximate surface area is 171 Å². The molecule has 0 saturated carbocycles. The van der Waals surface area contributed by atoms with E-state index in [1.807, 2.05) is 31.3 Å². The van der Waals surface area contributed by atoms with Crippen LogP contribution in [-0.4, -0.2) is 54.8 Å². The number of piperidine rings is 1. The predicted octanol–water partition coefficient (Wildman–Crippen LogP) is 3.13. The van der Waals surface area contributed by atoms with Gasteiger partial charge in [-0.05, 0) is 68.1 Å². The lowest BCUT2D eigenvalue weighted by molar-refractivity contribution is -0.106. The highest BCUT2D eigenvalue weighted by molar-refractivity contribution is 5.64. The zero-order valence-electron chi connectivity index (χ0n) is 17.1. The van der Waals surface area contributed by atoms with Crippen molar-refractivity contribution in [2.24, 2.45) is 0 Å². The average molecular weight is 393 g/mol.